The van der Waals surface area contributed by atoms with Crippen molar-refractivity contribution in [1.82, 2.24) is 10.2 Å². The van der Waals surface area contributed by atoms with E-state index in [2.05, 4.69) is 5.32 Å². The summed E-state index contributed by atoms with van der Waals surface area (Å²) in [6, 6.07) is 21.7. The van der Waals surface area contributed by atoms with E-state index in [1.165, 1.54) is 24.1 Å². The van der Waals surface area contributed by atoms with E-state index in [1.54, 1.807) is 42.5 Å². The molecule has 4 rings (SSSR count). The van der Waals surface area contributed by atoms with Crippen molar-refractivity contribution in [2.75, 3.05) is 18.0 Å². The average molecular weight is 578 g/mol. The van der Waals surface area contributed by atoms with Gasteiger partial charge in [-0.25, -0.2) is 8.42 Å². The largest absolute Gasteiger partial charge is 0.497 e. The van der Waals surface area contributed by atoms with E-state index in [1.807, 2.05) is 38.1 Å². The van der Waals surface area contributed by atoms with Gasteiger partial charge in [0, 0.05) is 18.7 Å². The molecule has 8 nitrogen and oxygen atoms in total. The number of benzene rings is 3. The number of ether oxygens (including phenoxy) is 1. The highest BCUT2D eigenvalue weighted by molar-refractivity contribution is 7.92. The maximum absolute atomic E-state index is 14.2. The zero-order valence-corrected chi connectivity index (χ0v) is 24.8. The predicted octanol–water partition coefficient (Wildman–Crippen LogP) is 5.07. The van der Waals surface area contributed by atoms with Crippen LogP contribution in [0.2, 0.25) is 0 Å². The van der Waals surface area contributed by atoms with Crippen LogP contribution in [0.4, 0.5) is 5.69 Å². The molecule has 1 aliphatic rings. The Hall–Kier alpha value is -3.85. The topological polar surface area (TPSA) is 96.0 Å². The second-order valence-corrected chi connectivity index (χ2v) is 12.3. The van der Waals surface area contributed by atoms with Crippen LogP contribution in [0.3, 0.4) is 0 Å². The number of carbonyl (C=O) groups excluding carboxylic acids is 2. The van der Waals surface area contributed by atoms with Crippen LogP contribution in [-0.2, 0) is 26.2 Å². The monoisotopic (exact) mass is 577 g/mol. The highest BCUT2D eigenvalue weighted by Crippen LogP contribution is 2.28. The maximum atomic E-state index is 14.2. The first-order chi connectivity index (χ1) is 19.7. The van der Waals surface area contributed by atoms with Gasteiger partial charge in [0.15, 0.2) is 0 Å². The highest BCUT2D eigenvalue weighted by atomic mass is 32.2. The van der Waals surface area contributed by atoms with Crippen molar-refractivity contribution in [2.45, 2.75) is 69.5 Å². The van der Waals surface area contributed by atoms with Gasteiger partial charge in [0.25, 0.3) is 10.0 Å². The summed E-state index contributed by atoms with van der Waals surface area (Å²) >= 11 is 0. The number of aryl methyl sites for hydroxylation is 1. The van der Waals surface area contributed by atoms with Gasteiger partial charge in [0.05, 0.1) is 17.7 Å². The van der Waals surface area contributed by atoms with Crippen LogP contribution in [0.15, 0.2) is 83.8 Å². The molecule has 218 valence electrons. The minimum atomic E-state index is -4.13. The lowest BCUT2D eigenvalue weighted by Gasteiger charge is -2.34. The molecule has 0 radical (unpaired) electrons. The van der Waals surface area contributed by atoms with Gasteiger partial charge in [-0.3, -0.25) is 13.9 Å². The number of sulfonamides is 1. The molecule has 41 heavy (non-hydrogen) atoms. The summed E-state index contributed by atoms with van der Waals surface area (Å²) < 4.78 is 34.3. The molecule has 1 aliphatic carbocycles. The third-order valence-electron chi connectivity index (χ3n) is 7.47. The molecule has 1 atom stereocenters. The normalized spacial score (nSPS) is 14.3. The number of rotatable bonds is 12. The average Bonchev–Trinajstić information content (AvgIpc) is 3.49. The Morgan fingerprint density at radius 2 is 1.68 bits per heavy atom. The number of nitrogens with one attached hydrogen (secondary N) is 1. The van der Waals surface area contributed by atoms with E-state index in [9.17, 15) is 18.0 Å². The van der Waals surface area contributed by atoms with Crippen molar-refractivity contribution in [3.8, 4) is 5.75 Å². The van der Waals surface area contributed by atoms with Crippen molar-refractivity contribution >= 4 is 27.5 Å². The van der Waals surface area contributed by atoms with Gasteiger partial charge in [0.2, 0.25) is 11.8 Å². The van der Waals surface area contributed by atoms with E-state index >= 15 is 0 Å². The SMILES string of the molecule is CC[C@@H](C(=O)NC1CCCC1)N(Cc1cccc(C)c1)C(=O)CN(c1cccc(OC)c1)S(=O)(=O)c1ccccc1. The first kappa shape index (κ1) is 30.1. The Bertz CT molecular complexity index is 1440. The summed E-state index contributed by atoms with van der Waals surface area (Å²) in [6.07, 6.45) is 4.38. The number of carbonyl (C=O) groups is 2. The number of hydrogen-bond donors (Lipinski definition) is 1. The number of nitrogens with zero attached hydrogens (tertiary/aromatic N) is 2. The molecule has 1 saturated carbocycles. The Kier molecular flexibility index (Phi) is 10.0. The Labute approximate surface area is 243 Å². The second kappa shape index (κ2) is 13.7. The van der Waals surface area contributed by atoms with Crippen LogP contribution in [0.25, 0.3) is 0 Å². The molecule has 9 heteroatoms. The standard InChI is InChI=1S/C32H39N3O5S/c1-4-30(32(37)33-26-14-8-9-15-26)34(22-25-13-10-12-24(2)20-25)31(36)23-35(27-16-11-17-28(21-27)40-3)41(38,39)29-18-6-5-7-19-29/h5-7,10-13,16-21,26,30H,4,8-9,14-15,22-23H2,1-3H3,(H,33,37)/t30-/m0/s1. The third kappa shape index (κ3) is 7.47. The zero-order valence-electron chi connectivity index (χ0n) is 24.0. The van der Waals surface area contributed by atoms with Gasteiger partial charge >= 0.3 is 0 Å². The molecule has 0 unspecified atom stereocenters. The molecular formula is C32H39N3O5S. The van der Waals surface area contributed by atoms with Gasteiger partial charge in [-0.15, -0.1) is 0 Å². The van der Waals surface area contributed by atoms with Crippen LogP contribution in [0, 0.1) is 6.92 Å². The predicted molar refractivity (Wildman–Crippen MR) is 160 cm³/mol. The third-order valence-corrected chi connectivity index (χ3v) is 9.26. The summed E-state index contributed by atoms with van der Waals surface area (Å²) in [5.74, 6) is -0.219. The fourth-order valence-electron chi connectivity index (χ4n) is 5.31. The summed E-state index contributed by atoms with van der Waals surface area (Å²) in [5, 5.41) is 3.14. The van der Waals surface area contributed by atoms with Crippen LogP contribution >= 0.6 is 0 Å². The molecule has 1 N–H and O–H groups in total. The van der Waals surface area contributed by atoms with Crippen molar-refractivity contribution in [1.29, 1.82) is 0 Å². The van der Waals surface area contributed by atoms with Crippen LogP contribution in [0.5, 0.6) is 5.75 Å². The summed E-state index contributed by atoms with van der Waals surface area (Å²) in [5.41, 5.74) is 2.19. The van der Waals surface area contributed by atoms with Gasteiger partial charge in [-0.1, -0.05) is 73.9 Å². The minimum absolute atomic E-state index is 0.0619. The first-order valence-electron chi connectivity index (χ1n) is 14.1. The smallest absolute Gasteiger partial charge is 0.264 e. The van der Waals surface area contributed by atoms with E-state index in [0.29, 0.717) is 17.9 Å². The van der Waals surface area contributed by atoms with Crippen LogP contribution < -0.4 is 14.4 Å². The van der Waals surface area contributed by atoms with Crippen molar-refractivity contribution in [3.63, 3.8) is 0 Å². The van der Waals surface area contributed by atoms with E-state index in [-0.39, 0.29) is 23.4 Å². The molecule has 2 amide bonds. The molecule has 0 spiro atoms. The van der Waals surface area contributed by atoms with Gasteiger partial charge in [-0.05, 0) is 56.0 Å². The van der Waals surface area contributed by atoms with E-state index in [4.69, 9.17) is 4.74 Å². The van der Waals surface area contributed by atoms with Gasteiger partial charge in [0.1, 0.15) is 18.3 Å². The summed E-state index contributed by atoms with van der Waals surface area (Å²) in [4.78, 5) is 29.3. The molecule has 3 aromatic carbocycles. The van der Waals surface area contributed by atoms with Gasteiger partial charge < -0.3 is 15.0 Å². The lowest BCUT2D eigenvalue weighted by Crippen LogP contribution is -2.53. The van der Waals surface area contributed by atoms with Crippen molar-refractivity contribution < 1.29 is 22.7 Å². The number of hydrogen-bond acceptors (Lipinski definition) is 5. The van der Waals surface area contributed by atoms with Gasteiger partial charge in [-0.2, -0.15) is 0 Å². The Morgan fingerprint density at radius 1 is 0.976 bits per heavy atom. The fraction of sp³-hybridized carbons (Fsp3) is 0.375. The van der Waals surface area contributed by atoms with E-state index < -0.39 is 28.5 Å². The molecule has 0 aliphatic heterocycles. The molecule has 3 aromatic rings. The lowest BCUT2D eigenvalue weighted by atomic mass is 10.1. The summed E-state index contributed by atoms with van der Waals surface area (Å²) in [6.45, 7) is 3.53. The highest BCUT2D eigenvalue weighted by Gasteiger charge is 2.34. The van der Waals surface area contributed by atoms with Crippen LogP contribution in [0.1, 0.15) is 50.2 Å². The fourth-order valence-corrected chi connectivity index (χ4v) is 6.74. The maximum Gasteiger partial charge on any atom is 0.264 e. The first-order valence-corrected chi connectivity index (χ1v) is 15.5. The van der Waals surface area contributed by atoms with Crippen molar-refractivity contribution in [2.24, 2.45) is 0 Å². The number of anilines is 1. The molecule has 0 saturated heterocycles. The molecule has 0 heterocycles. The number of methoxy groups -OCH3 is 1. The van der Waals surface area contributed by atoms with E-state index in [0.717, 1.165) is 41.1 Å². The molecule has 0 bridgehead atoms. The molecule has 1 fully saturated rings. The van der Waals surface area contributed by atoms with Crippen LogP contribution in [-0.4, -0.2) is 50.9 Å². The quantitative estimate of drug-likeness (QED) is 0.325. The summed E-state index contributed by atoms with van der Waals surface area (Å²) in [7, 11) is -2.63. The molecular weight excluding hydrogens is 538 g/mol. The number of amides is 2. The minimum Gasteiger partial charge on any atom is -0.497 e. The molecule has 0 aromatic heterocycles. The second-order valence-electron chi connectivity index (χ2n) is 10.5. The lowest BCUT2D eigenvalue weighted by molar-refractivity contribution is -0.140. The Morgan fingerprint density at radius 3 is 2.34 bits per heavy atom. The zero-order chi connectivity index (χ0) is 29.4. The Balaban J connectivity index is 1.72. The van der Waals surface area contributed by atoms with Crippen molar-refractivity contribution in [3.05, 3.63) is 90.0 Å².